The lowest BCUT2D eigenvalue weighted by Gasteiger charge is -2.11. The quantitative estimate of drug-likeness (QED) is 0.694. The second-order valence-electron chi connectivity index (χ2n) is 4.87. The Morgan fingerprint density at radius 1 is 1.08 bits per heavy atom. The molecular weight excluding hydrogens is 318 g/mol. The Labute approximate surface area is 136 Å². The molecular formula is C16H14F2N4O2. The van der Waals surface area contributed by atoms with Gasteiger partial charge in [0, 0.05) is 5.56 Å². The van der Waals surface area contributed by atoms with Gasteiger partial charge in [-0.15, -0.1) is 10.2 Å². The van der Waals surface area contributed by atoms with Crippen molar-refractivity contribution in [2.45, 2.75) is 13.2 Å². The number of tetrazole rings is 1. The molecule has 0 aliphatic heterocycles. The Morgan fingerprint density at radius 2 is 1.88 bits per heavy atom. The smallest absolute Gasteiger partial charge is 0.387 e. The zero-order valence-corrected chi connectivity index (χ0v) is 12.8. The van der Waals surface area contributed by atoms with Crippen LogP contribution >= 0.6 is 0 Å². The first-order valence-corrected chi connectivity index (χ1v) is 7.10. The van der Waals surface area contributed by atoms with Crippen LogP contribution in [0.1, 0.15) is 5.56 Å². The van der Waals surface area contributed by atoms with Gasteiger partial charge in [-0.3, -0.25) is 0 Å². The van der Waals surface area contributed by atoms with E-state index in [0.717, 1.165) is 11.1 Å². The molecule has 24 heavy (non-hydrogen) atoms. The maximum Gasteiger partial charge on any atom is 0.387 e. The van der Waals surface area contributed by atoms with Crippen LogP contribution in [0.5, 0.6) is 11.5 Å². The molecule has 6 nitrogen and oxygen atoms in total. The minimum atomic E-state index is -2.91. The molecule has 0 N–H and O–H groups in total. The Balaban J connectivity index is 1.78. The molecule has 3 rings (SSSR count). The molecule has 124 valence electrons. The van der Waals surface area contributed by atoms with Crippen molar-refractivity contribution in [2.75, 3.05) is 7.11 Å². The maximum absolute atomic E-state index is 12.3. The number of benzene rings is 2. The highest BCUT2D eigenvalue weighted by Gasteiger charge is 2.12. The van der Waals surface area contributed by atoms with Gasteiger partial charge in [0.25, 0.3) is 0 Å². The van der Waals surface area contributed by atoms with Crippen LogP contribution in [0.2, 0.25) is 0 Å². The monoisotopic (exact) mass is 332 g/mol. The summed E-state index contributed by atoms with van der Waals surface area (Å²) >= 11 is 0. The van der Waals surface area contributed by atoms with Crippen molar-refractivity contribution in [3.05, 3.63) is 54.1 Å². The fourth-order valence-electron chi connectivity index (χ4n) is 2.18. The van der Waals surface area contributed by atoms with Gasteiger partial charge in [-0.05, 0) is 22.9 Å². The van der Waals surface area contributed by atoms with Crippen LogP contribution in [0.4, 0.5) is 8.78 Å². The summed E-state index contributed by atoms with van der Waals surface area (Å²) in [4.78, 5) is 1.42. The molecule has 0 radical (unpaired) electrons. The third-order valence-electron chi connectivity index (χ3n) is 3.25. The van der Waals surface area contributed by atoms with Crippen molar-refractivity contribution in [1.82, 2.24) is 20.2 Å². The molecule has 1 aromatic heterocycles. The van der Waals surface area contributed by atoms with Crippen molar-refractivity contribution in [3.8, 4) is 22.9 Å². The van der Waals surface area contributed by atoms with Crippen molar-refractivity contribution in [1.29, 1.82) is 0 Å². The molecule has 3 aromatic rings. The SMILES string of the molecule is COc1cc(Cn2nnc(-c3ccccc3)n2)ccc1OC(F)F. The maximum atomic E-state index is 12.3. The molecule has 2 aromatic carbocycles. The van der Waals surface area contributed by atoms with Gasteiger partial charge in [-0.25, -0.2) is 0 Å². The minimum absolute atomic E-state index is 0.0206. The van der Waals surface area contributed by atoms with E-state index in [1.54, 1.807) is 12.1 Å². The lowest BCUT2D eigenvalue weighted by atomic mass is 10.2. The van der Waals surface area contributed by atoms with E-state index >= 15 is 0 Å². The Morgan fingerprint density at radius 3 is 2.58 bits per heavy atom. The predicted octanol–water partition coefficient (Wildman–Crippen LogP) is 3.00. The summed E-state index contributed by atoms with van der Waals surface area (Å²) in [6, 6.07) is 14.1. The van der Waals surface area contributed by atoms with Crippen molar-refractivity contribution in [2.24, 2.45) is 0 Å². The van der Waals surface area contributed by atoms with Crippen molar-refractivity contribution >= 4 is 0 Å². The highest BCUT2D eigenvalue weighted by atomic mass is 19.3. The van der Waals surface area contributed by atoms with Gasteiger partial charge in [0.2, 0.25) is 5.82 Å². The van der Waals surface area contributed by atoms with Crippen LogP contribution in [0.3, 0.4) is 0 Å². The number of ether oxygens (including phenoxy) is 2. The molecule has 0 saturated carbocycles. The number of alkyl halides is 2. The van der Waals surface area contributed by atoms with Crippen molar-refractivity contribution in [3.63, 3.8) is 0 Å². The van der Waals surface area contributed by atoms with E-state index in [1.807, 2.05) is 30.3 Å². The van der Waals surface area contributed by atoms with E-state index in [-0.39, 0.29) is 11.5 Å². The normalized spacial score (nSPS) is 10.8. The number of hydrogen-bond acceptors (Lipinski definition) is 5. The van der Waals surface area contributed by atoms with Crippen LogP contribution in [-0.4, -0.2) is 33.9 Å². The minimum Gasteiger partial charge on any atom is -0.493 e. The fourth-order valence-corrected chi connectivity index (χ4v) is 2.18. The molecule has 0 saturated heterocycles. The largest absolute Gasteiger partial charge is 0.493 e. The molecule has 0 fully saturated rings. The zero-order valence-electron chi connectivity index (χ0n) is 12.8. The Bertz CT molecular complexity index is 809. The van der Waals surface area contributed by atoms with Crippen LogP contribution in [0.25, 0.3) is 11.4 Å². The zero-order chi connectivity index (χ0) is 16.9. The number of methoxy groups -OCH3 is 1. The summed E-state index contributed by atoms with van der Waals surface area (Å²) in [6.07, 6.45) is 0. The number of halogens is 2. The van der Waals surface area contributed by atoms with Crippen LogP contribution < -0.4 is 9.47 Å². The van der Waals surface area contributed by atoms with E-state index in [1.165, 1.54) is 18.0 Å². The summed E-state index contributed by atoms with van der Waals surface area (Å²) < 4.78 is 34.1. The molecule has 0 aliphatic rings. The van der Waals surface area contributed by atoms with Gasteiger partial charge in [-0.1, -0.05) is 36.4 Å². The molecule has 0 amide bonds. The third-order valence-corrected chi connectivity index (χ3v) is 3.25. The number of rotatable bonds is 6. The summed E-state index contributed by atoms with van der Waals surface area (Å²) in [5.74, 6) is 0.712. The summed E-state index contributed by atoms with van der Waals surface area (Å²) in [6.45, 7) is -2.58. The summed E-state index contributed by atoms with van der Waals surface area (Å²) in [5.41, 5.74) is 1.63. The third kappa shape index (κ3) is 3.65. The second-order valence-corrected chi connectivity index (χ2v) is 4.87. The average Bonchev–Trinajstić information content (AvgIpc) is 3.05. The first kappa shape index (κ1) is 15.9. The van der Waals surface area contributed by atoms with E-state index in [4.69, 9.17) is 4.74 Å². The van der Waals surface area contributed by atoms with Crippen LogP contribution in [0, 0.1) is 0 Å². The van der Waals surface area contributed by atoms with Gasteiger partial charge < -0.3 is 9.47 Å². The molecule has 8 heteroatoms. The topological polar surface area (TPSA) is 62.1 Å². The van der Waals surface area contributed by atoms with Crippen molar-refractivity contribution < 1.29 is 18.3 Å². The highest BCUT2D eigenvalue weighted by molar-refractivity contribution is 5.53. The second kappa shape index (κ2) is 7.03. The van der Waals surface area contributed by atoms with E-state index < -0.39 is 6.61 Å². The predicted molar refractivity (Wildman–Crippen MR) is 82.0 cm³/mol. The van der Waals surface area contributed by atoms with Crippen LogP contribution in [0.15, 0.2) is 48.5 Å². The van der Waals surface area contributed by atoms with Gasteiger partial charge in [0.1, 0.15) is 0 Å². The lowest BCUT2D eigenvalue weighted by Crippen LogP contribution is -2.06. The van der Waals surface area contributed by atoms with Crippen LogP contribution in [-0.2, 0) is 6.54 Å². The molecule has 0 spiro atoms. The lowest BCUT2D eigenvalue weighted by molar-refractivity contribution is -0.0512. The summed E-state index contributed by atoms with van der Waals surface area (Å²) in [5, 5.41) is 12.3. The number of nitrogens with zero attached hydrogens (tertiary/aromatic N) is 4. The average molecular weight is 332 g/mol. The Hall–Kier alpha value is -3.03. The van der Waals surface area contributed by atoms with Gasteiger partial charge in [0.15, 0.2) is 11.5 Å². The molecule has 0 aliphatic carbocycles. The standard InChI is InChI=1S/C16H14F2N4O2/c1-23-14-9-11(7-8-13(14)24-16(17)18)10-22-20-15(19-21-22)12-5-3-2-4-6-12/h2-9,16H,10H2,1H3. The van der Waals surface area contributed by atoms with E-state index in [9.17, 15) is 8.78 Å². The Kier molecular flexibility index (Phi) is 4.64. The van der Waals surface area contributed by atoms with Gasteiger partial charge >= 0.3 is 6.61 Å². The molecule has 0 bridgehead atoms. The fraction of sp³-hybridized carbons (Fsp3) is 0.188. The van der Waals surface area contributed by atoms with E-state index in [2.05, 4.69) is 20.1 Å². The first-order chi connectivity index (χ1) is 11.7. The first-order valence-electron chi connectivity index (χ1n) is 7.10. The van der Waals surface area contributed by atoms with E-state index in [0.29, 0.717) is 12.4 Å². The number of hydrogen-bond donors (Lipinski definition) is 0. The number of aromatic nitrogens is 4. The molecule has 0 atom stereocenters. The van der Waals surface area contributed by atoms with Gasteiger partial charge in [0.05, 0.1) is 13.7 Å². The highest BCUT2D eigenvalue weighted by Crippen LogP contribution is 2.29. The molecule has 0 unspecified atom stereocenters. The van der Waals surface area contributed by atoms with Gasteiger partial charge in [-0.2, -0.15) is 13.6 Å². The molecule has 1 heterocycles. The summed E-state index contributed by atoms with van der Waals surface area (Å²) in [7, 11) is 1.39.